The van der Waals surface area contributed by atoms with Crippen LogP contribution in [0.2, 0.25) is 0 Å². The van der Waals surface area contributed by atoms with Crippen molar-refractivity contribution >= 4 is 28.9 Å². The van der Waals surface area contributed by atoms with E-state index in [1.54, 1.807) is 0 Å². The predicted molar refractivity (Wildman–Crippen MR) is 88.9 cm³/mol. The second-order valence-corrected chi connectivity index (χ2v) is 5.54. The van der Waals surface area contributed by atoms with Crippen LogP contribution in [0.1, 0.15) is 6.42 Å². The number of nitrogens with two attached hydrogens (primary N) is 1. The maximum Gasteiger partial charge on any atom is 0.272 e. The van der Waals surface area contributed by atoms with Gasteiger partial charge in [0.1, 0.15) is 34.9 Å². The van der Waals surface area contributed by atoms with Gasteiger partial charge in [0.15, 0.2) is 0 Å². The SMILES string of the molecule is NC(=O)C1CC(C(=O)Nc2c(F)cccc2F)=NN1c1ccc(F)cc1. The fourth-order valence-electron chi connectivity index (χ4n) is 2.50. The van der Waals surface area contributed by atoms with Crippen molar-refractivity contribution in [3.8, 4) is 0 Å². The molecule has 3 N–H and O–H groups in total. The highest BCUT2D eigenvalue weighted by atomic mass is 19.1. The number of hydrogen-bond donors (Lipinski definition) is 2. The zero-order valence-corrected chi connectivity index (χ0v) is 13.2. The molecule has 0 radical (unpaired) electrons. The van der Waals surface area contributed by atoms with Crippen molar-refractivity contribution in [2.75, 3.05) is 10.3 Å². The number of primary amides is 1. The molecular weight excluding hydrogens is 349 g/mol. The van der Waals surface area contributed by atoms with E-state index in [2.05, 4.69) is 10.4 Å². The highest BCUT2D eigenvalue weighted by Gasteiger charge is 2.35. The minimum absolute atomic E-state index is 0.138. The number of halogens is 3. The first-order chi connectivity index (χ1) is 12.4. The molecule has 2 amide bonds. The van der Waals surface area contributed by atoms with Gasteiger partial charge in [-0.3, -0.25) is 14.6 Å². The molecule has 0 aromatic heterocycles. The Bertz CT molecular complexity index is 879. The lowest BCUT2D eigenvalue weighted by atomic mass is 10.1. The molecule has 26 heavy (non-hydrogen) atoms. The smallest absolute Gasteiger partial charge is 0.272 e. The summed E-state index contributed by atoms with van der Waals surface area (Å²) in [4.78, 5) is 24.0. The van der Waals surface area contributed by atoms with E-state index in [1.807, 2.05) is 0 Å². The summed E-state index contributed by atoms with van der Waals surface area (Å²) in [7, 11) is 0. The minimum atomic E-state index is -0.980. The molecule has 2 aromatic carbocycles. The molecule has 6 nitrogen and oxygen atoms in total. The molecule has 1 aliphatic heterocycles. The Hall–Kier alpha value is -3.36. The van der Waals surface area contributed by atoms with Crippen LogP contribution < -0.4 is 16.1 Å². The zero-order chi connectivity index (χ0) is 18.8. The summed E-state index contributed by atoms with van der Waals surface area (Å²) in [5, 5.41) is 7.29. The summed E-state index contributed by atoms with van der Waals surface area (Å²) >= 11 is 0. The summed E-state index contributed by atoms with van der Waals surface area (Å²) in [6.07, 6.45) is -0.158. The standard InChI is InChI=1S/C17H13F3N4O2/c18-9-4-6-10(7-5-9)24-14(16(21)25)8-13(23-24)17(26)22-15-11(19)2-1-3-12(15)20/h1-7,14H,8H2,(H2,21,25)(H,22,26). The largest absolute Gasteiger partial charge is 0.368 e. The number of nitrogens with one attached hydrogen (secondary N) is 1. The van der Waals surface area contributed by atoms with Crippen LogP contribution in [0, 0.1) is 17.5 Å². The number of hydrogen-bond acceptors (Lipinski definition) is 4. The van der Waals surface area contributed by atoms with Gasteiger partial charge in [0.2, 0.25) is 5.91 Å². The number of carbonyl (C=O) groups is 2. The number of amides is 2. The van der Waals surface area contributed by atoms with Gasteiger partial charge in [-0.1, -0.05) is 6.07 Å². The first-order valence-corrected chi connectivity index (χ1v) is 7.54. The van der Waals surface area contributed by atoms with Gasteiger partial charge in [-0.15, -0.1) is 0 Å². The van der Waals surface area contributed by atoms with E-state index in [1.165, 1.54) is 17.1 Å². The van der Waals surface area contributed by atoms with Gasteiger partial charge in [-0.05, 0) is 36.4 Å². The normalized spacial score (nSPS) is 16.3. The molecule has 0 saturated carbocycles. The van der Waals surface area contributed by atoms with Gasteiger partial charge in [-0.25, -0.2) is 13.2 Å². The quantitative estimate of drug-likeness (QED) is 0.874. The fourth-order valence-corrected chi connectivity index (χ4v) is 2.50. The van der Waals surface area contributed by atoms with Crippen LogP contribution in [0.3, 0.4) is 0 Å². The van der Waals surface area contributed by atoms with Gasteiger partial charge < -0.3 is 11.1 Å². The van der Waals surface area contributed by atoms with Gasteiger partial charge in [0.25, 0.3) is 5.91 Å². The van der Waals surface area contributed by atoms with E-state index in [4.69, 9.17) is 5.73 Å². The van der Waals surface area contributed by atoms with Gasteiger partial charge in [0, 0.05) is 6.42 Å². The number of benzene rings is 2. The maximum atomic E-state index is 13.7. The lowest BCUT2D eigenvalue weighted by molar-refractivity contribution is -0.119. The Morgan fingerprint density at radius 1 is 1.08 bits per heavy atom. The average Bonchev–Trinajstić information content (AvgIpc) is 3.04. The molecule has 1 atom stereocenters. The number of nitrogens with zero attached hydrogens (tertiary/aromatic N) is 2. The Morgan fingerprint density at radius 3 is 2.27 bits per heavy atom. The van der Waals surface area contributed by atoms with E-state index in [0.29, 0.717) is 5.69 Å². The fraction of sp³-hybridized carbons (Fsp3) is 0.118. The molecule has 3 rings (SSSR count). The van der Waals surface area contributed by atoms with E-state index in [9.17, 15) is 22.8 Å². The molecule has 1 heterocycles. The number of carbonyl (C=O) groups excluding carboxylic acids is 2. The summed E-state index contributed by atoms with van der Waals surface area (Å²) < 4.78 is 40.4. The summed E-state index contributed by atoms with van der Waals surface area (Å²) in [5.74, 6) is -4.00. The molecule has 0 spiro atoms. The summed E-state index contributed by atoms with van der Waals surface area (Å²) in [5.41, 5.74) is 4.93. The van der Waals surface area contributed by atoms with Crippen LogP contribution in [-0.2, 0) is 9.59 Å². The van der Waals surface area contributed by atoms with Crippen LogP contribution in [0.5, 0.6) is 0 Å². The van der Waals surface area contributed by atoms with Crippen LogP contribution >= 0.6 is 0 Å². The van der Waals surface area contributed by atoms with Crippen LogP contribution in [0.25, 0.3) is 0 Å². The van der Waals surface area contributed by atoms with E-state index in [0.717, 1.165) is 30.3 Å². The number of rotatable bonds is 4. The van der Waals surface area contributed by atoms with E-state index < -0.39 is 41.0 Å². The number of anilines is 2. The van der Waals surface area contributed by atoms with Crippen LogP contribution in [0.15, 0.2) is 47.6 Å². The zero-order valence-electron chi connectivity index (χ0n) is 13.2. The molecule has 1 unspecified atom stereocenters. The van der Waals surface area contributed by atoms with E-state index >= 15 is 0 Å². The molecule has 2 aromatic rings. The lowest BCUT2D eigenvalue weighted by Gasteiger charge is -2.20. The Labute approximate surface area is 146 Å². The maximum absolute atomic E-state index is 13.7. The highest BCUT2D eigenvalue weighted by Crippen LogP contribution is 2.26. The van der Waals surface area contributed by atoms with Crippen LogP contribution in [0.4, 0.5) is 24.5 Å². The van der Waals surface area contributed by atoms with Gasteiger partial charge in [0.05, 0.1) is 5.69 Å². The summed E-state index contributed by atoms with van der Waals surface area (Å²) in [6.45, 7) is 0. The minimum Gasteiger partial charge on any atom is -0.368 e. The second kappa shape index (κ2) is 6.87. The van der Waals surface area contributed by atoms with Crippen LogP contribution in [-0.4, -0.2) is 23.6 Å². The van der Waals surface area contributed by atoms with Crippen molar-refractivity contribution in [2.24, 2.45) is 10.8 Å². The highest BCUT2D eigenvalue weighted by molar-refractivity contribution is 6.44. The van der Waals surface area contributed by atoms with Gasteiger partial charge in [-0.2, -0.15) is 5.10 Å². The third-order valence-electron chi connectivity index (χ3n) is 3.79. The van der Waals surface area contributed by atoms with Crippen molar-refractivity contribution in [1.29, 1.82) is 0 Å². The first-order valence-electron chi connectivity index (χ1n) is 7.54. The van der Waals surface area contributed by atoms with Crippen molar-refractivity contribution < 1.29 is 22.8 Å². The molecule has 0 fully saturated rings. The Kier molecular flexibility index (Phi) is 4.61. The second-order valence-electron chi connectivity index (χ2n) is 5.54. The molecule has 9 heteroatoms. The lowest BCUT2D eigenvalue weighted by Crippen LogP contribution is -2.39. The van der Waals surface area contributed by atoms with Crippen molar-refractivity contribution in [2.45, 2.75) is 12.5 Å². The molecule has 0 aliphatic carbocycles. The van der Waals surface area contributed by atoms with Crippen molar-refractivity contribution in [3.05, 3.63) is 59.9 Å². The summed E-state index contributed by atoms with van der Waals surface area (Å²) in [6, 6.07) is 7.22. The van der Waals surface area contributed by atoms with E-state index in [-0.39, 0.29) is 12.1 Å². The molecular formula is C17H13F3N4O2. The average molecular weight is 362 g/mol. The molecule has 0 bridgehead atoms. The Morgan fingerprint density at radius 2 is 1.69 bits per heavy atom. The monoisotopic (exact) mass is 362 g/mol. The van der Waals surface area contributed by atoms with Crippen molar-refractivity contribution in [3.63, 3.8) is 0 Å². The first kappa shape index (κ1) is 17.5. The molecule has 0 saturated heterocycles. The Balaban J connectivity index is 1.87. The number of hydrazone groups is 1. The molecule has 134 valence electrons. The van der Waals surface area contributed by atoms with Crippen molar-refractivity contribution in [1.82, 2.24) is 0 Å². The third-order valence-corrected chi connectivity index (χ3v) is 3.79. The number of para-hydroxylation sites is 1. The topological polar surface area (TPSA) is 87.8 Å². The van der Waals surface area contributed by atoms with Gasteiger partial charge >= 0.3 is 0 Å². The third kappa shape index (κ3) is 3.37. The predicted octanol–water partition coefficient (Wildman–Crippen LogP) is 2.16. The molecule has 1 aliphatic rings.